The number of hydrogen-bond donors (Lipinski definition) is 1. The number of rotatable bonds is 5. The van der Waals surface area contributed by atoms with Crippen LogP contribution >= 0.6 is 0 Å². The van der Waals surface area contributed by atoms with Gasteiger partial charge in [-0.25, -0.2) is 17.7 Å². The second kappa shape index (κ2) is 6.41. The predicted molar refractivity (Wildman–Crippen MR) is 89.0 cm³/mol. The van der Waals surface area contributed by atoms with E-state index in [1.807, 2.05) is 0 Å². The lowest BCUT2D eigenvalue weighted by molar-refractivity contribution is 0.395. The molecule has 0 aliphatic rings. The van der Waals surface area contributed by atoms with Gasteiger partial charge in [0.05, 0.1) is 12.0 Å². The maximum atomic E-state index is 13.0. The number of sulfonamides is 1. The van der Waals surface area contributed by atoms with Gasteiger partial charge in [-0.2, -0.15) is 4.98 Å². The Morgan fingerprint density at radius 2 is 1.78 bits per heavy atom. The van der Waals surface area contributed by atoms with Gasteiger partial charge < -0.3 is 10.5 Å². The highest BCUT2D eigenvalue weighted by Gasteiger charge is 2.29. The minimum absolute atomic E-state index is 0.149. The maximum Gasteiger partial charge on any atom is 0.265 e. The van der Waals surface area contributed by atoms with Crippen molar-refractivity contribution in [2.75, 3.05) is 17.1 Å². The monoisotopic (exact) mass is 336 g/mol. The van der Waals surface area contributed by atoms with Gasteiger partial charge in [0, 0.05) is 17.8 Å². The Morgan fingerprint density at radius 1 is 1.17 bits per heavy atom. The zero-order valence-corrected chi connectivity index (χ0v) is 14.3. The van der Waals surface area contributed by atoms with Crippen LogP contribution in [0.4, 0.5) is 11.5 Å². The molecule has 0 radical (unpaired) electrons. The van der Waals surface area contributed by atoms with Crippen LogP contribution in [0.5, 0.6) is 5.88 Å². The summed E-state index contributed by atoms with van der Waals surface area (Å²) in [7, 11) is -2.31. The average Bonchev–Trinajstić information content (AvgIpc) is 2.46. The van der Waals surface area contributed by atoms with Crippen LogP contribution in [0.15, 0.2) is 35.2 Å². The van der Waals surface area contributed by atoms with Gasteiger partial charge in [-0.15, -0.1) is 0 Å². The molecule has 0 atom stereocenters. The van der Waals surface area contributed by atoms with E-state index in [1.165, 1.54) is 29.6 Å². The minimum atomic E-state index is -3.78. The zero-order chi connectivity index (χ0) is 17.2. The fraction of sp³-hybridized carbons (Fsp3) is 0.333. The van der Waals surface area contributed by atoms with Crippen molar-refractivity contribution >= 4 is 21.5 Å². The summed E-state index contributed by atoms with van der Waals surface area (Å²) < 4.78 is 32.3. The lowest BCUT2D eigenvalue weighted by Crippen LogP contribution is -2.37. The summed E-state index contributed by atoms with van der Waals surface area (Å²) in [5.74, 6) is 1.00. The van der Waals surface area contributed by atoms with Gasteiger partial charge in [-0.05, 0) is 45.0 Å². The number of anilines is 2. The lowest BCUT2D eigenvalue weighted by Gasteiger charge is -2.27. The van der Waals surface area contributed by atoms with Gasteiger partial charge in [0.15, 0.2) is 0 Å². The SMILES string of the molecule is COc1cc(N(C(C)C)S(=O)(=O)c2ccc(N)cc2)nc(C)n1. The minimum Gasteiger partial charge on any atom is -0.481 e. The Hall–Kier alpha value is -2.35. The summed E-state index contributed by atoms with van der Waals surface area (Å²) in [5, 5.41) is 0. The van der Waals surface area contributed by atoms with Gasteiger partial charge in [-0.1, -0.05) is 0 Å². The van der Waals surface area contributed by atoms with Crippen molar-refractivity contribution < 1.29 is 13.2 Å². The van der Waals surface area contributed by atoms with E-state index < -0.39 is 10.0 Å². The lowest BCUT2D eigenvalue weighted by atomic mass is 10.3. The van der Waals surface area contributed by atoms with Crippen LogP contribution < -0.4 is 14.8 Å². The topological polar surface area (TPSA) is 98.4 Å². The maximum absolute atomic E-state index is 13.0. The van der Waals surface area contributed by atoms with Crippen molar-refractivity contribution in [3.63, 3.8) is 0 Å². The summed E-state index contributed by atoms with van der Waals surface area (Å²) in [6, 6.07) is 7.23. The fourth-order valence-electron chi connectivity index (χ4n) is 2.16. The number of nitrogens with two attached hydrogens (primary N) is 1. The molecule has 23 heavy (non-hydrogen) atoms. The standard InChI is InChI=1S/C15H20N4O3S/c1-10(2)19(14-9-15(22-4)18-11(3)17-14)23(20,21)13-7-5-12(16)6-8-13/h5-10H,16H2,1-4H3. The van der Waals surface area contributed by atoms with E-state index in [4.69, 9.17) is 10.5 Å². The van der Waals surface area contributed by atoms with Crippen molar-refractivity contribution in [1.29, 1.82) is 0 Å². The van der Waals surface area contributed by atoms with E-state index in [0.717, 1.165) is 0 Å². The van der Waals surface area contributed by atoms with E-state index in [1.54, 1.807) is 32.9 Å². The van der Waals surface area contributed by atoms with Crippen molar-refractivity contribution in [2.45, 2.75) is 31.7 Å². The van der Waals surface area contributed by atoms with E-state index in [9.17, 15) is 8.42 Å². The molecule has 0 aliphatic heterocycles. The van der Waals surface area contributed by atoms with Crippen LogP contribution in [0.1, 0.15) is 19.7 Å². The van der Waals surface area contributed by atoms with Crippen LogP contribution in [-0.2, 0) is 10.0 Å². The number of nitrogen functional groups attached to an aromatic ring is 1. The largest absolute Gasteiger partial charge is 0.481 e. The van der Waals surface area contributed by atoms with E-state index in [-0.39, 0.29) is 16.8 Å². The number of hydrogen-bond acceptors (Lipinski definition) is 6. The summed E-state index contributed by atoms with van der Waals surface area (Å²) in [6.07, 6.45) is 0. The number of methoxy groups -OCH3 is 1. The summed E-state index contributed by atoms with van der Waals surface area (Å²) in [4.78, 5) is 8.48. The van der Waals surface area contributed by atoms with Crippen LogP contribution in [-0.4, -0.2) is 31.5 Å². The van der Waals surface area contributed by atoms with E-state index in [2.05, 4.69) is 9.97 Å². The molecule has 1 aromatic heterocycles. The molecule has 1 heterocycles. The Bertz CT molecular complexity index is 789. The van der Waals surface area contributed by atoms with Crippen LogP contribution in [0.2, 0.25) is 0 Å². The first-order valence-corrected chi connectivity index (χ1v) is 8.49. The van der Waals surface area contributed by atoms with Crippen molar-refractivity contribution in [2.24, 2.45) is 0 Å². The Balaban J connectivity index is 2.58. The summed E-state index contributed by atoms with van der Waals surface area (Å²) in [6.45, 7) is 5.23. The van der Waals surface area contributed by atoms with Gasteiger partial charge in [-0.3, -0.25) is 0 Å². The van der Waals surface area contributed by atoms with E-state index >= 15 is 0 Å². The number of ether oxygens (including phenoxy) is 1. The van der Waals surface area contributed by atoms with E-state index in [0.29, 0.717) is 17.4 Å². The smallest absolute Gasteiger partial charge is 0.265 e. The number of aryl methyl sites for hydroxylation is 1. The molecule has 0 fully saturated rings. The van der Waals surface area contributed by atoms with Crippen molar-refractivity contribution in [1.82, 2.24) is 9.97 Å². The van der Waals surface area contributed by atoms with Crippen LogP contribution in [0.25, 0.3) is 0 Å². The highest BCUT2D eigenvalue weighted by Crippen LogP contribution is 2.27. The van der Waals surface area contributed by atoms with Gasteiger partial charge >= 0.3 is 0 Å². The fourth-order valence-corrected chi connectivity index (χ4v) is 3.76. The molecule has 2 N–H and O–H groups in total. The number of aromatic nitrogens is 2. The Kier molecular flexibility index (Phi) is 4.74. The molecule has 8 heteroatoms. The van der Waals surface area contributed by atoms with Crippen molar-refractivity contribution in [3.05, 3.63) is 36.2 Å². The third kappa shape index (κ3) is 3.53. The second-order valence-electron chi connectivity index (χ2n) is 5.28. The zero-order valence-electron chi connectivity index (χ0n) is 13.5. The summed E-state index contributed by atoms with van der Waals surface area (Å²) in [5.41, 5.74) is 6.13. The van der Waals surface area contributed by atoms with Gasteiger partial charge in [0.1, 0.15) is 11.6 Å². The first kappa shape index (κ1) is 17.0. The van der Waals surface area contributed by atoms with Gasteiger partial charge in [0.25, 0.3) is 10.0 Å². The molecule has 2 aromatic rings. The molecule has 7 nitrogen and oxygen atoms in total. The highest BCUT2D eigenvalue weighted by molar-refractivity contribution is 7.92. The molecular weight excluding hydrogens is 316 g/mol. The van der Waals surface area contributed by atoms with Crippen LogP contribution in [0, 0.1) is 6.92 Å². The molecule has 0 spiro atoms. The molecule has 0 amide bonds. The van der Waals surface area contributed by atoms with Crippen molar-refractivity contribution in [3.8, 4) is 5.88 Å². The molecule has 2 rings (SSSR count). The number of benzene rings is 1. The molecule has 1 aromatic carbocycles. The first-order chi connectivity index (χ1) is 10.8. The molecule has 0 unspecified atom stereocenters. The summed E-state index contributed by atoms with van der Waals surface area (Å²) >= 11 is 0. The van der Waals surface area contributed by atoms with Crippen LogP contribution in [0.3, 0.4) is 0 Å². The molecule has 0 saturated carbocycles. The molecular formula is C15H20N4O3S. The average molecular weight is 336 g/mol. The molecule has 0 aliphatic carbocycles. The molecule has 124 valence electrons. The third-order valence-corrected chi connectivity index (χ3v) is 5.14. The second-order valence-corrected chi connectivity index (χ2v) is 7.09. The first-order valence-electron chi connectivity index (χ1n) is 7.05. The quantitative estimate of drug-likeness (QED) is 0.838. The van der Waals surface area contributed by atoms with Gasteiger partial charge in [0.2, 0.25) is 5.88 Å². The molecule has 0 bridgehead atoms. The highest BCUT2D eigenvalue weighted by atomic mass is 32.2. The molecule has 0 saturated heterocycles. The Labute approximate surface area is 136 Å². The third-order valence-electron chi connectivity index (χ3n) is 3.14. The Morgan fingerprint density at radius 3 is 2.30 bits per heavy atom. The number of nitrogens with zero attached hydrogens (tertiary/aromatic N) is 3. The predicted octanol–water partition coefficient (Wildman–Crippen LogP) is 1.98. The normalized spacial score (nSPS) is 11.5.